The molecule has 0 saturated carbocycles. The molecule has 0 radical (unpaired) electrons. The maximum atomic E-state index is 10.9. The molecule has 0 bridgehead atoms. The number of hydrogen-bond donors (Lipinski definition) is 2. The van der Waals surface area contributed by atoms with Gasteiger partial charge in [0, 0.05) is 6.42 Å². The molecule has 0 aliphatic carbocycles. The summed E-state index contributed by atoms with van der Waals surface area (Å²) in [5.41, 5.74) is 1.07. The molecule has 0 fully saturated rings. The number of aromatic hydroxyl groups is 1. The number of carboxylic acid groups (broad SMARTS) is 1. The molecule has 1 aromatic carbocycles. The molecular weight excluding hydrogens is 336 g/mol. The smallest absolute Gasteiger partial charge is 0.303 e. The van der Waals surface area contributed by atoms with E-state index in [1.54, 1.807) is 12.1 Å². The van der Waals surface area contributed by atoms with E-state index >= 15 is 0 Å². The van der Waals surface area contributed by atoms with Crippen LogP contribution in [0.1, 0.15) is 115 Å². The van der Waals surface area contributed by atoms with Gasteiger partial charge in [-0.25, -0.2) is 0 Å². The van der Waals surface area contributed by atoms with Crippen molar-refractivity contribution in [3.8, 4) is 5.75 Å². The van der Waals surface area contributed by atoms with Crippen molar-refractivity contribution in [3.05, 3.63) is 29.8 Å². The van der Waals surface area contributed by atoms with Crippen LogP contribution in [0.5, 0.6) is 5.75 Å². The van der Waals surface area contributed by atoms with Gasteiger partial charge >= 0.3 is 5.97 Å². The summed E-state index contributed by atoms with van der Waals surface area (Å²) in [5.74, 6) is -0.242. The molecule has 0 saturated heterocycles. The van der Waals surface area contributed by atoms with E-state index in [1.807, 2.05) is 12.1 Å². The first-order valence-corrected chi connectivity index (χ1v) is 11.1. The third kappa shape index (κ3) is 12.5. The number of phenols is 1. The fraction of sp³-hybridized carbons (Fsp3) is 0.708. The second-order valence-electron chi connectivity index (χ2n) is 7.90. The van der Waals surface area contributed by atoms with Crippen LogP contribution in [0, 0.1) is 0 Å². The molecule has 3 heteroatoms. The van der Waals surface area contributed by atoms with E-state index < -0.39 is 5.97 Å². The first-order valence-electron chi connectivity index (χ1n) is 11.1. The number of carboxylic acids is 1. The second kappa shape index (κ2) is 15.5. The van der Waals surface area contributed by atoms with Crippen LogP contribution in [0.3, 0.4) is 0 Å². The summed E-state index contributed by atoms with van der Waals surface area (Å²) in [6, 6.07) is 7.31. The van der Waals surface area contributed by atoms with Crippen molar-refractivity contribution in [2.45, 2.75) is 109 Å². The SMILES string of the molecule is CCCCCCCCCCCCCCC(CCC(=O)O)c1cccc(O)c1. The number of carbonyl (C=O) groups is 1. The Balaban J connectivity index is 2.14. The molecule has 1 rings (SSSR count). The minimum Gasteiger partial charge on any atom is -0.508 e. The van der Waals surface area contributed by atoms with Gasteiger partial charge in [0.1, 0.15) is 5.75 Å². The predicted octanol–water partition coefficient (Wildman–Crippen LogP) is 7.43. The summed E-state index contributed by atoms with van der Waals surface area (Å²) in [6.07, 6.45) is 17.8. The number of phenolic OH excluding ortho intramolecular Hbond substituents is 1. The number of aliphatic carboxylic acids is 1. The van der Waals surface area contributed by atoms with E-state index in [0.29, 0.717) is 6.42 Å². The largest absolute Gasteiger partial charge is 0.508 e. The Bertz CT molecular complexity index is 498. The van der Waals surface area contributed by atoms with Gasteiger partial charge < -0.3 is 10.2 Å². The summed E-state index contributed by atoms with van der Waals surface area (Å²) < 4.78 is 0. The molecular formula is C24H40O3. The van der Waals surface area contributed by atoms with Gasteiger partial charge in [0.25, 0.3) is 0 Å². The van der Waals surface area contributed by atoms with Crippen LogP contribution in [-0.2, 0) is 4.79 Å². The number of unbranched alkanes of at least 4 members (excludes halogenated alkanes) is 11. The molecule has 1 atom stereocenters. The molecule has 154 valence electrons. The quantitative estimate of drug-likeness (QED) is 0.278. The van der Waals surface area contributed by atoms with Crippen LogP contribution < -0.4 is 0 Å². The Morgan fingerprint density at radius 2 is 1.41 bits per heavy atom. The van der Waals surface area contributed by atoms with Crippen molar-refractivity contribution >= 4 is 5.97 Å². The molecule has 0 aliphatic heterocycles. The number of benzene rings is 1. The highest BCUT2D eigenvalue weighted by Crippen LogP contribution is 2.29. The maximum Gasteiger partial charge on any atom is 0.303 e. The van der Waals surface area contributed by atoms with Crippen molar-refractivity contribution < 1.29 is 15.0 Å². The van der Waals surface area contributed by atoms with E-state index in [-0.39, 0.29) is 18.1 Å². The van der Waals surface area contributed by atoms with Crippen molar-refractivity contribution in [1.82, 2.24) is 0 Å². The zero-order valence-electron chi connectivity index (χ0n) is 17.3. The van der Waals surface area contributed by atoms with Crippen LogP contribution >= 0.6 is 0 Å². The van der Waals surface area contributed by atoms with Gasteiger partial charge in [-0.1, -0.05) is 96.1 Å². The highest BCUT2D eigenvalue weighted by Gasteiger charge is 2.13. The standard InChI is InChI=1S/C24H40O3/c1-2-3-4-5-6-7-8-9-10-11-12-13-15-21(18-19-24(26)27)22-16-14-17-23(25)20-22/h14,16-17,20-21,25H,2-13,15,18-19H2,1H3,(H,26,27). The zero-order valence-corrected chi connectivity index (χ0v) is 17.3. The number of hydrogen-bond acceptors (Lipinski definition) is 2. The van der Waals surface area contributed by atoms with E-state index in [1.165, 1.54) is 70.6 Å². The predicted molar refractivity (Wildman–Crippen MR) is 113 cm³/mol. The van der Waals surface area contributed by atoms with Gasteiger partial charge in [-0.3, -0.25) is 4.79 Å². The molecule has 27 heavy (non-hydrogen) atoms. The van der Waals surface area contributed by atoms with Crippen LogP contribution in [0.2, 0.25) is 0 Å². The normalized spacial score (nSPS) is 12.2. The lowest BCUT2D eigenvalue weighted by Gasteiger charge is -2.17. The molecule has 0 aromatic heterocycles. The lowest BCUT2D eigenvalue weighted by Crippen LogP contribution is -2.04. The highest BCUT2D eigenvalue weighted by atomic mass is 16.4. The lowest BCUT2D eigenvalue weighted by molar-refractivity contribution is -0.137. The molecule has 0 amide bonds. The molecule has 1 aromatic rings. The Kier molecular flexibility index (Phi) is 13.5. The van der Waals surface area contributed by atoms with E-state index in [2.05, 4.69) is 6.92 Å². The minimum atomic E-state index is -0.741. The van der Waals surface area contributed by atoms with Crippen molar-refractivity contribution in [3.63, 3.8) is 0 Å². The van der Waals surface area contributed by atoms with E-state index in [0.717, 1.165) is 18.4 Å². The van der Waals surface area contributed by atoms with Crippen molar-refractivity contribution in [1.29, 1.82) is 0 Å². The fourth-order valence-corrected chi connectivity index (χ4v) is 3.79. The molecule has 2 N–H and O–H groups in total. The average Bonchev–Trinajstić information content (AvgIpc) is 2.64. The van der Waals surface area contributed by atoms with Crippen LogP contribution in [0.15, 0.2) is 24.3 Å². The monoisotopic (exact) mass is 376 g/mol. The van der Waals surface area contributed by atoms with E-state index in [4.69, 9.17) is 5.11 Å². The highest BCUT2D eigenvalue weighted by molar-refractivity contribution is 5.66. The van der Waals surface area contributed by atoms with E-state index in [9.17, 15) is 9.90 Å². The summed E-state index contributed by atoms with van der Waals surface area (Å²) in [4.78, 5) is 10.9. The average molecular weight is 377 g/mol. The first-order chi connectivity index (χ1) is 13.1. The molecule has 1 unspecified atom stereocenters. The Hall–Kier alpha value is -1.51. The summed E-state index contributed by atoms with van der Waals surface area (Å²) in [5, 5.41) is 18.7. The summed E-state index contributed by atoms with van der Waals surface area (Å²) in [6.45, 7) is 2.26. The third-order valence-electron chi connectivity index (χ3n) is 5.45. The Labute approximate surface area is 166 Å². The van der Waals surface area contributed by atoms with Crippen LogP contribution in [-0.4, -0.2) is 16.2 Å². The lowest BCUT2D eigenvalue weighted by atomic mass is 9.89. The van der Waals surface area contributed by atoms with Gasteiger partial charge in [0.15, 0.2) is 0 Å². The molecule has 0 aliphatic rings. The van der Waals surface area contributed by atoms with Crippen molar-refractivity contribution in [2.75, 3.05) is 0 Å². The van der Waals surface area contributed by atoms with Gasteiger partial charge in [-0.15, -0.1) is 0 Å². The topological polar surface area (TPSA) is 57.5 Å². The van der Waals surface area contributed by atoms with Gasteiger partial charge in [-0.05, 0) is 36.5 Å². The van der Waals surface area contributed by atoms with Crippen LogP contribution in [0.25, 0.3) is 0 Å². The minimum absolute atomic E-state index is 0.193. The second-order valence-corrected chi connectivity index (χ2v) is 7.90. The maximum absolute atomic E-state index is 10.9. The third-order valence-corrected chi connectivity index (χ3v) is 5.45. The molecule has 0 spiro atoms. The molecule has 3 nitrogen and oxygen atoms in total. The van der Waals surface area contributed by atoms with Gasteiger partial charge in [0.05, 0.1) is 0 Å². The Morgan fingerprint density at radius 1 is 0.852 bits per heavy atom. The van der Waals surface area contributed by atoms with Crippen molar-refractivity contribution in [2.24, 2.45) is 0 Å². The first kappa shape index (κ1) is 23.5. The van der Waals surface area contributed by atoms with Gasteiger partial charge in [0.2, 0.25) is 0 Å². The zero-order chi connectivity index (χ0) is 19.7. The van der Waals surface area contributed by atoms with Gasteiger partial charge in [-0.2, -0.15) is 0 Å². The summed E-state index contributed by atoms with van der Waals surface area (Å²) >= 11 is 0. The fourth-order valence-electron chi connectivity index (χ4n) is 3.79. The number of rotatable bonds is 17. The van der Waals surface area contributed by atoms with Crippen LogP contribution in [0.4, 0.5) is 0 Å². The molecule has 0 heterocycles. The Morgan fingerprint density at radius 3 is 1.93 bits per heavy atom. The summed E-state index contributed by atoms with van der Waals surface area (Å²) in [7, 11) is 0.